The normalized spacial score (nSPS) is 15.4. The zero-order valence-electron chi connectivity index (χ0n) is 8.39. The van der Waals surface area contributed by atoms with Crippen LogP contribution in [0.1, 0.15) is 44.9 Å². The first-order chi connectivity index (χ1) is 6.68. The largest absolute Gasteiger partial charge is 0.376 e. The standard InChI is InChI=1S/C10H19Cl3O/c11-8-6-4-2-1-3-5-7-9(12)10(13)14/h9-10,14H,1-8H2. The van der Waals surface area contributed by atoms with Crippen LogP contribution < -0.4 is 0 Å². The maximum Gasteiger partial charge on any atom is 0.144 e. The summed E-state index contributed by atoms with van der Waals surface area (Å²) >= 11 is 16.8. The molecule has 0 fully saturated rings. The molecule has 0 aliphatic rings. The molecule has 0 bridgehead atoms. The zero-order chi connectivity index (χ0) is 10.8. The minimum absolute atomic E-state index is 0.306. The van der Waals surface area contributed by atoms with Crippen LogP contribution in [0.15, 0.2) is 0 Å². The van der Waals surface area contributed by atoms with Gasteiger partial charge in [0, 0.05) is 5.88 Å². The Kier molecular flexibility index (Phi) is 11.0. The first kappa shape index (κ1) is 14.8. The lowest BCUT2D eigenvalue weighted by atomic mass is 10.1. The average Bonchev–Trinajstić information content (AvgIpc) is 2.16. The number of aliphatic hydroxyl groups excluding tert-OH is 1. The number of rotatable bonds is 9. The van der Waals surface area contributed by atoms with Crippen molar-refractivity contribution in [2.45, 2.75) is 55.9 Å². The molecule has 0 aliphatic carbocycles. The third-order valence-electron chi connectivity index (χ3n) is 2.16. The summed E-state index contributed by atoms with van der Waals surface area (Å²) in [7, 11) is 0. The highest BCUT2D eigenvalue weighted by Gasteiger charge is 2.11. The third-order valence-corrected chi connectivity index (χ3v) is 3.32. The van der Waals surface area contributed by atoms with Gasteiger partial charge < -0.3 is 5.11 Å². The van der Waals surface area contributed by atoms with Gasteiger partial charge in [-0.1, -0.05) is 43.7 Å². The molecule has 0 aromatic rings. The molecule has 2 atom stereocenters. The molecule has 14 heavy (non-hydrogen) atoms. The van der Waals surface area contributed by atoms with Gasteiger partial charge in [0.15, 0.2) is 0 Å². The van der Waals surface area contributed by atoms with Gasteiger partial charge in [-0.3, -0.25) is 0 Å². The summed E-state index contributed by atoms with van der Waals surface area (Å²) in [6, 6.07) is 0. The van der Waals surface area contributed by atoms with E-state index in [-0.39, 0.29) is 5.38 Å². The second-order valence-corrected chi connectivity index (χ2v) is 4.87. The summed E-state index contributed by atoms with van der Waals surface area (Å²) in [6.07, 6.45) is 7.78. The highest BCUT2D eigenvalue weighted by atomic mass is 35.5. The first-order valence-electron chi connectivity index (χ1n) is 5.20. The molecule has 0 saturated heterocycles. The molecule has 0 aromatic heterocycles. The summed E-state index contributed by atoms with van der Waals surface area (Å²) in [5.41, 5.74) is -0.909. The Bertz CT molecular complexity index is 120. The number of aliphatic hydroxyl groups is 1. The van der Waals surface area contributed by atoms with Crippen LogP contribution in [-0.4, -0.2) is 21.9 Å². The van der Waals surface area contributed by atoms with Gasteiger partial charge in [0.05, 0.1) is 5.38 Å². The van der Waals surface area contributed by atoms with E-state index in [1.165, 1.54) is 19.3 Å². The van der Waals surface area contributed by atoms with Crippen molar-refractivity contribution in [1.29, 1.82) is 0 Å². The highest BCUT2D eigenvalue weighted by Crippen LogP contribution is 2.16. The molecule has 0 spiro atoms. The predicted octanol–water partition coefficient (Wildman–Crippen LogP) is 4.12. The van der Waals surface area contributed by atoms with Gasteiger partial charge in [0.2, 0.25) is 0 Å². The van der Waals surface area contributed by atoms with E-state index in [1.54, 1.807) is 0 Å². The Morgan fingerprint density at radius 2 is 1.36 bits per heavy atom. The number of hydrogen-bond donors (Lipinski definition) is 1. The Morgan fingerprint density at radius 3 is 1.86 bits per heavy atom. The third kappa shape index (κ3) is 9.39. The maximum absolute atomic E-state index is 8.91. The fourth-order valence-corrected chi connectivity index (χ4v) is 1.75. The molecule has 1 N–H and O–H groups in total. The van der Waals surface area contributed by atoms with E-state index in [2.05, 4.69) is 0 Å². The van der Waals surface area contributed by atoms with Crippen molar-refractivity contribution in [3.8, 4) is 0 Å². The molecule has 0 radical (unpaired) electrons. The van der Waals surface area contributed by atoms with E-state index in [1.807, 2.05) is 0 Å². The molecule has 0 saturated carbocycles. The second-order valence-electron chi connectivity index (χ2n) is 3.49. The highest BCUT2D eigenvalue weighted by molar-refractivity contribution is 6.29. The second kappa shape index (κ2) is 10.4. The number of halogens is 3. The van der Waals surface area contributed by atoms with Crippen molar-refractivity contribution in [3.63, 3.8) is 0 Å². The van der Waals surface area contributed by atoms with Gasteiger partial charge in [0.1, 0.15) is 5.56 Å². The molecule has 2 unspecified atom stereocenters. The summed E-state index contributed by atoms with van der Waals surface area (Å²) in [4.78, 5) is 0. The molecular weight excluding hydrogens is 242 g/mol. The van der Waals surface area contributed by atoms with Crippen LogP contribution in [-0.2, 0) is 0 Å². The fourth-order valence-electron chi connectivity index (χ4n) is 1.28. The van der Waals surface area contributed by atoms with Gasteiger partial charge in [0.25, 0.3) is 0 Å². The molecule has 0 aliphatic heterocycles. The van der Waals surface area contributed by atoms with Gasteiger partial charge in [-0.05, 0) is 12.8 Å². The van der Waals surface area contributed by atoms with E-state index in [0.717, 1.165) is 31.6 Å². The van der Waals surface area contributed by atoms with Gasteiger partial charge in [-0.2, -0.15) is 0 Å². The van der Waals surface area contributed by atoms with Crippen molar-refractivity contribution >= 4 is 34.8 Å². The SMILES string of the molecule is OC(Cl)C(Cl)CCCCCCCCCl. The molecule has 1 nitrogen and oxygen atoms in total. The maximum atomic E-state index is 8.91. The van der Waals surface area contributed by atoms with E-state index in [4.69, 9.17) is 39.9 Å². The smallest absolute Gasteiger partial charge is 0.144 e. The van der Waals surface area contributed by atoms with Crippen LogP contribution in [0.5, 0.6) is 0 Å². The fraction of sp³-hybridized carbons (Fsp3) is 1.00. The van der Waals surface area contributed by atoms with Crippen LogP contribution in [0.2, 0.25) is 0 Å². The van der Waals surface area contributed by atoms with Crippen LogP contribution in [0.3, 0.4) is 0 Å². The van der Waals surface area contributed by atoms with Crippen molar-refractivity contribution in [1.82, 2.24) is 0 Å². The van der Waals surface area contributed by atoms with Crippen molar-refractivity contribution in [2.75, 3.05) is 5.88 Å². The Morgan fingerprint density at radius 1 is 0.857 bits per heavy atom. The molecule has 0 rings (SSSR count). The van der Waals surface area contributed by atoms with E-state index >= 15 is 0 Å². The van der Waals surface area contributed by atoms with E-state index in [0.29, 0.717) is 0 Å². The van der Waals surface area contributed by atoms with Crippen molar-refractivity contribution in [2.24, 2.45) is 0 Å². The van der Waals surface area contributed by atoms with Crippen molar-refractivity contribution < 1.29 is 5.11 Å². The minimum atomic E-state index is -0.909. The van der Waals surface area contributed by atoms with E-state index in [9.17, 15) is 0 Å². The lowest BCUT2D eigenvalue weighted by molar-refractivity contribution is 0.244. The lowest BCUT2D eigenvalue weighted by Crippen LogP contribution is -2.13. The summed E-state index contributed by atoms with van der Waals surface area (Å²) in [6.45, 7) is 0. The van der Waals surface area contributed by atoms with Crippen LogP contribution >= 0.6 is 34.8 Å². The van der Waals surface area contributed by atoms with Crippen LogP contribution in [0.4, 0.5) is 0 Å². The monoisotopic (exact) mass is 260 g/mol. The Balaban J connectivity index is 3.06. The molecule has 86 valence electrons. The Labute approximate surface area is 102 Å². The summed E-state index contributed by atoms with van der Waals surface area (Å²) < 4.78 is 0. The minimum Gasteiger partial charge on any atom is -0.376 e. The van der Waals surface area contributed by atoms with Gasteiger partial charge in [-0.25, -0.2) is 0 Å². The van der Waals surface area contributed by atoms with E-state index < -0.39 is 5.56 Å². The average molecular weight is 262 g/mol. The molecule has 0 heterocycles. The zero-order valence-corrected chi connectivity index (χ0v) is 10.7. The number of hydrogen-bond acceptors (Lipinski definition) is 1. The molecule has 0 amide bonds. The molecule has 4 heteroatoms. The molecular formula is C10H19Cl3O. The van der Waals surface area contributed by atoms with Crippen molar-refractivity contribution in [3.05, 3.63) is 0 Å². The number of unbranched alkanes of at least 4 members (excludes halogenated alkanes) is 5. The van der Waals surface area contributed by atoms with Crippen LogP contribution in [0.25, 0.3) is 0 Å². The molecule has 0 aromatic carbocycles. The summed E-state index contributed by atoms with van der Waals surface area (Å²) in [5.74, 6) is 0.766. The first-order valence-corrected chi connectivity index (χ1v) is 6.61. The quantitative estimate of drug-likeness (QED) is 0.489. The topological polar surface area (TPSA) is 20.2 Å². The van der Waals surface area contributed by atoms with Gasteiger partial charge >= 0.3 is 0 Å². The van der Waals surface area contributed by atoms with Crippen LogP contribution in [0, 0.1) is 0 Å². The lowest BCUT2D eigenvalue weighted by Gasteiger charge is -2.09. The summed E-state index contributed by atoms with van der Waals surface area (Å²) in [5, 5.41) is 8.61. The number of alkyl halides is 3. The van der Waals surface area contributed by atoms with Gasteiger partial charge in [-0.15, -0.1) is 23.2 Å². The Hall–Kier alpha value is 0.830. The predicted molar refractivity (Wildman–Crippen MR) is 64.5 cm³/mol.